The Morgan fingerprint density at radius 3 is 2.50 bits per heavy atom. The summed E-state index contributed by atoms with van der Waals surface area (Å²) in [4.78, 5) is 2.79. The lowest BCUT2D eigenvalue weighted by molar-refractivity contribution is 0.145. The zero-order valence-corrected chi connectivity index (χ0v) is 11.0. The van der Waals surface area contributed by atoms with Crippen LogP contribution in [0.15, 0.2) is 11.0 Å². The highest BCUT2D eigenvalue weighted by Gasteiger charge is 2.22. The fourth-order valence-corrected chi connectivity index (χ4v) is 3.48. The molecule has 0 radical (unpaired) electrons. The normalized spacial score (nSPS) is 11.5. The maximum atomic E-state index is 12.4. The zero-order valence-electron chi connectivity index (χ0n) is 7.29. The molecule has 9 heteroatoms. The second-order valence-corrected chi connectivity index (χ2v) is 6.17. The topological polar surface area (TPSA) is 70.8 Å². The van der Waals surface area contributed by atoms with Crippen LogP contribution in [0.4, 0.5) is 8.78 Å². The third kappa shape index (κ3) is 2.78. The molecule has 0 aliphatic rings. The lowest BCUT2D eigenvalue weighted by Gasteiger charge is -2.05. The Balaban J connectivity index is 3.63. The van der Waals surface area contributed by atoms with Gasteiger partial charge in [-0.15, -0.1) is 0 Å². The molecule has 0 saturated carbocycles. The number of aromatic nitrogens is 1. The summed E-state index contributed by atoms with van der Waals surface area (Å²) in [6.07, 6.45) is -2.97. The van der Waals surface area contributed by atoms with E-state index in [2.05, 4.69) is 4.98 Å². The van der Waals surface area contributed by atoms with Gasteiger partial charge in [-0.1, -0.05) is 0 Å². The Morgan fingerprint density at radius 2 is 2.12 bits per heavy atom. The summed E-state index contributed by atoms with van der Waals surface area (Å²) >= 11 is 1.51. The molecule has 0 aliphatic heterocycles. The largest absolute Gasteiger partial charge is 0.280 e. The minimum absolute atomic E-state index is 0.0699. The average Bonchev–Trinajstić information content (AvgIpc) is 2.15. The Labute approximate surface area is 108 Å². The van der Waals surface area contributed by atoms with Gasteiger partial charge >= 0.3 is 0 Å². The Morgan fingerprint density at radius 1 is 1.56 bits per heavy atom. The molecule has 0 saturated heterocycles. The average molecular weight is 379 g/mol. The molecule has 0 aromatic carbocycles. The van der Waals surface area contributed by atoms with Gasteiger partial charge in [0, 0.05) is 10.7 Å². The molecule has 0 bridgehead atoms. The van der Waals surface area contributed by atoms with E-state index < -0.39 is 31.8 Å². The van der Waals surface area contributed by atoms with E-state index in [0.717, 1.165) is 0 Å². The van der Waals surface area contributed by atoms with Gasteiger partial charge < -0.3 is 0 Å². The standard InChI is InChI=1S/C7H2ClF2IN2O2S/c8-16(14,15)5-1-3(7(9)10)13-4(2-12)6(5)11/h1,7H. The van der Waals surface area contributed by atoms with E-state index in [1.807, 2.05) is 0 Å². The minimum Gasteiger partial charge on any atom is -0.235 e. The first-order valence-corrected chi connectivity index (χ1v) is 6.99. The van der Waals surface area contributed by atoms with Gasteiger partial charge in [0.15, 0.2) is 5.69 Å². The zero-order chi connectivity index (χ0) is 12.5. The number of halogens is 4. The van der Waals surface area contributed by atoms with Crippen LogP contribution in [0.3, 0.4) is 0 Å². The van der Waals surface area contributed by atoms with Gasteiger partial charge in [0.05, 0.1) is 3.57 Å². The number of hydrogen-bond donors (Lipinski definition) is 0. The van der Waals surface area contributed by atoms with Crippen LogP contribution in [0.25, 0.3) is 0 Å². The van der Waals surface area contributed by atoms with Crippen molar-refractivity contribution in [2.75, 3.05) is 0 Å². The van der Waals surface area contributed by atoms with Crippen LogP contribution in [-0.2, 0) is 9.05 Å². The van der Waals surface area contributed by atoms with E-state index in [4.69, 9.17) is 15.9 Å². The van der Waals surface area contributed by atoms with Crippen molar-refractivity contribution in [3.8, 4) is 6.07 Å². The van der Waals surface area contributed by atoms with Gasteiger partial charge in [-0.2, -0.15) is 5.26 Å². The summed E-state index contributed by atoms with van der Waals surface area (Å²) in [5.74, 6) is 0. The van der Waals surface area contributed by atoms with Crippen LogP contribution in [0.2, 0.25) is 0 Å². The Bertz CT molecular complexity index is 570. The number of alkyl halides is 2. The maximum Gasteiger partial charge on any atom is 0.280 e. The molecule has 0 N–H and O–H groups in total. The molecule has 0 spiro atoms. The first-order valence-electron chi connectivity index (χ1n) is 3.60. The predicted molar refractivity (Wildman–Crippen MR) is 59.7 cm³/mol. The van der Waals surface area contributed by atoms with Crippen molar-refractivity contribution in [3.63, 3.8) is 0 Å². The molecular formula is C7H2ClF2IN2O2S. The third-order valence-electron chi connectivity index (χ3n) is 1.54. The molecule has 16 heavy (non-hydrogen) atoms. The van der Waals surface area contributed by atoms with Crippen molar-refractivity contribution in [3.05, 3.63) is 21.0 Å². The molecule has 0 amide bonds. The summed E-state index contributed by atoms with van der Waals surface area (Å²) < 4.78 is 46.8. The van der Waals surface area contributed by atoms with E-state index >= 15 is 0 Å². The van der Waals surface area contributed by atoms with E-state index in [1.54, 1.807) is 0 Å². The highest BCUT2D eigenvalue weighted by atomic mass is 127. The quantitative estimate of drug-likeness (QED) is 0.585. The van der Waals surface area contributed by atoms with E-state index in [9.17, 15) is 17.2 Å². The molecule has 4 nitrogen and oxygen atoms in total. The van der Waals surface area contributed by atoms with Gasteiger partial charge in [-0.3, -0.25) is 0 Å². The van der Waals surface area contributed by atoms with Gasteiger partial charge in [-0.25, -0.2) is 22.2 Å². The smallest absolute Gasteiger partial charge is 0.235 e. The van der Waals surface area contributed by atoms with Crippen LogP contribution in [0, 0.1) is 14.9 Å². The van der Waals surface area contributed by atoms with Crippen LogP contribution in [-0.4, -0.2) is 13.4 Å². The van der Waals surface area contributed by atoms with E-state index in [-0.39, 0.29) is 3.57 Å². The third-order valence-corrected chi connectivity index (χ3v) is 4.34. The van der Waals surface area contributed by atoms with E-state index in [0.29, 0.717) is 6.07 Å². The molecule has 0 unspecified atom stereocenters. The number of nitriles is 1. The van der Waals surface area contributed by atoms with Gasteiger partial charge in [-0.05, 0) is 28.7 Å². The second-order valence-electron chi connectivity index (χ2n) is 2.56. The molecule has 1 rings (SSSR count). The number of hydrogen-bond acceptors (Lipinski definition) is 4. The predicted octanol–water partition coefficient (Wildman–Crippen LogP) is 2.42. The Hall–Kier alpha value is -0.530. The fraction of sp³-hybridized carbons (Fsp3) is 0.143. The molecule has 0 fully saturated rings. The first kappa shape index (κ1) is 13.5. The van der Waals surface area contributed by atoms with Crippen molar-refractivity contribution in [2.45, 2.75) is 11.3 Å². The van der Waals surface area contributed by atoms with Gasteiger partial charge in [0.1, 0.15) is 16.7 Å². The maximum absolute atomic E-state index is 12.4. The van der Waals surface area contributed by atoms with Gasteiger partial charge in [0.2, 0.25) is 0 Å². The first-order chi connectivity index (χ1) is 7.27. The van der Waals surface area contributed by atoms with Crippen LogP contribution >= 0.6 is 33.3 Å². The van der Waals surface area contributed by atoms with Crippen molar-refractivity contribution < 1.29 is 17.2 Å². The summed E-state index contributed by atoms with van der Waals surface area (Å²) in [5, 5.41) is 8.61. The van der Waals surface area contributed by atoms with Crippen molar-refractivity contribution in [1.29, 1.82) is 5.26 Å². The molecule has 0 atom stereocenters. The number of nitrogens with zero attached hydrogens (tertiary/aromatic N) is 2. The fourth-order valence-electron chi connectivity index (χ4n) is 0.888. The molecular weight excluding hydrogens is 377 g/mol. The number of rotatable bonds is 2. The molecule has 1 heterocycles. The molecule has 0 aliphatic carbocycles. The highest BCUT2D eigenvalue weighted by Crippen LogP contribution is 2.28. The second kappa shape index (κ2) is 4.77. The summed E-state index contributed by atoms with van der Waals surface area (Å²) in [7, 11) is 0.873. The molecule has 1 aromatic rings. The summed E-state index contributed by atoms with van der Waals surface area (Å²) in [6, 6.07) is 2.19. The molecule has 86 valence electrons. The van der Waals surface area contributed by atoms with Crippen LogP contribution in [0.5, 0.6) is 0 Å². The summed E-state index contributed by atoms with van der Waals surface area (Å²) in [5.41, 5.74) is -1.19. The molecule has 1 aromatic heterocycles. The van der Waals surface area contributed by atoms with Crippen molar-refractivity contribution >= 4 is 42.3 Å². The monoisotopic (exact) mass is 378 g/mol. The number of pyridine rings is 1. The van der Waals surface area contributed by atoms with E-state index in [1.165, 1.54) is 28.7 Å². The Kier molecular flexibility index (Phi) is 4.03. The highest BCUT2D eigenvalue weighted by molar-refractivity contribution is 14.1. The van der Waals surface area contributed by atoms with Gasteiger partial charge in [0.25, 0.3) is 15.5 Å². The lowest BCUT2D eigenvalue weighted by Crippen LogP contribution is -2.03. The summed E-state index contributed by atoms with van der Waals surface area (Å²) in [6.45, 7) is 0. The minimum atomic E-state index is -4.18. The SMILES string of the molecule is N#Cc1nc(C(F)F)cc(S(=O)(=O)Cl)c1I. The van der Waals surface area contributed by atoms with Crippen molar-refractivity contribution in [2.24, 2.45) is 0 Å². The van der Waals surface area contributed by atoms with Crippen LogP contribution in [0.1, 0.15) is 17.8 Å². The lowest BCUT2D eigenvalue weighted by atomic mass is 10.3. The van der Waals surface area contributed by atoms with Crippen LogP contribution < -0.4 is 0 Å². The van der Waals surface area contributed by atoms with Crippen molar-refractivity contribution in [1.82, 2.24) is 4.98 Å².